The fourth-order valence-corrected chi connectivity index (χ4v) is 1.31. The van der Waals surface area contributed by atoms with Crippen molar-refractivity contribution in [2.75, 3.05) is 0 Å². The van der Waals surface area contributed by atoms with Crippen molar-refractivity contribution in [3.63, 3.8) is 0 Å². The van der Waals surface area contributed by atoms with Crippen LogP contribution in [0.3, 0.4) is 0 Å². The molecule has 1 unspecified atom stereocenters. The van der Waals surface area contributed by atoms with Gasteiger partial charge in [0.25, 0.3) is 0 Å². The van der Waals surface area contributed by atoms with Crippen molar-refractivity contribution >= 4 is 11.8 Å². The third-order valence-electron chi connectivity index (χ3n) is 1.15. The zero-order valence-electron chi connectivity index (χ0n) is 6.03. The molecule has 57 valence electrons. The summed E-state index contributed by atoms with van der Waals surface area (Å²) in [6.45, 7) is 3.48. The van der Waals surface area contributed by atoms with Gasteiger partial charge in [0.2, 0.25) is 0 Å². The maximum atomic E-state index is 9.15. The van der Waals surface area contributed by atoms with Gasteiger partial charge < -0.3 is 5.11 Å². The van der Waals surface area contributed by atoms with Crippen molar-refractivity contribution in [2.24, 2.45) is 0 Å². The molecule has 1 aromatic carbocycles. The lowest BCUT2D eigenvalue weighted by Crippen LogP contribution is -1.92. The van der Waals surface area contributed by atoms with E-state index in [2.05, 4.69) is 12.6 Å². The number of hydrogen-bond acceptors (Lipinski definition) is 2. The smallest absolute Gasteiger partial charge is 0.122 e. The van der Waals surface area contributed by atoms with Gasteiger partial charge >= 0.3 is 0 Å². The van der Waals surface area contributed by atoms with Gasteiger partial charge in [-0.3, -0.25) is 0 Å². The van der Waals surface area contributed by atoms with E-state index in [0.29, 0.717) is 0 Å². The lowest BCUT2D eigenvalue weighted by Gasteiger charge is -2.02. The normalized spacial score (nSPS) is 12.5. The molecule has 1 atom stereocenters. The first kappa shape index (κ1) is 8.37. The van der Waals surface area contributed by atoms with Crippen LogP contribution in [-0.2, 0) is 0 Å². The molecule has 0 spiro atoms. The van der Waals surface area contributed by atoms with Crippen molar-refractivity contribution in [1.29, 1.82) is 0 Å². The van der Waals surface area contributed by atoms with Crippen LogP contribution in [0.2, 0.25) is 0 Å². The third-order valence-corrected chi connectivity index (χ3v) is 2.12. The Morgan fingerprint density at radius 3 is 2.73 bits per heavy atom. The highest BCUT2D eigenvalue weighted by Crippen LogP contribution is 2.20. The van der Waals surface area contributed by atoms with E-state index >= 15 is 0 Å². The van der Waals surface area contributed by atoms with E-state index < -0.39 is 5.44 Å². The number of thioether (sulfide) groups is 1. The Kier molecular flexibility index (Phi) is 3.20. The summed E-state index contributed by atoms with van der Waals surface area (Å²) in [5.74, 6) is 0. The molecule has 0 amide bonds. The molecule has 0 aliphatic heterocycles. The van der Waals surface area contributed by atoms with E-state index in [0.717, 1.165) is 4.90 Å². The summed E-state index contributed by atoms with van der Waals surface area (Å²) in [5.41, 5.74) is -0.516. The Morgan fingerprint density at radius 2 is 2.18 bits per heavy atom. The molecule has 0 aliphatic carbocycles. The van der Waals surface area contributed by atoms with E-state index in [-0.39, 0.29) is 0 Å². The minimum absolute atomic E-state index is 0.516. The number of hydrogen-bond donors (Lipinski definition) is 1. The molecule has 1 radical (unpaired) electrons. The number of rotatable bonds is 3. The topological polar surface area (TPSA) is 20.2 Å². The van der Waals surface area contributed by atoms with Crippen LogP contribution in [0.5, 0.6) is 0 Å². The summed E-state index contributed by atoms with van der Waals surface area (Å²) in [7, 11) is 0. The van der Waals surface area contributed by atoms with Gasteiger partial charge in [-0.15, -0.1) is 0 Å². The number of aliphatic hydroxyl groups is 1. The monoisotopic (exact) mass is 165 g/mol. The van der Waals surface area contributed by atoms with E-state index in [1.165, 1.54) is 17.8 Å². The Hall–Kier alpha value is -0.730. The van der Waals surface area contributed by atoms with Crippen LogP contribution in [-0.4, -0.2) is 10.5 Å². The van der Waals surface area contributed by atoms with E-state index in [9.17, 15) is 0 Å². The van der Waals surface area contributed by atoms with Gasteiger partial charge in [0.05, 0.1) is 0 Å². The molecule has 1 N–H and O–H groups in total. The first-order valence-electron chi connectivity index (χ1n) is 3.26. The summed E-state index contributed by atoms with van der Waals surface area (Å²) < 4.78 is 0. The van der Waals surface area contributed by atoms with Gasteiger partial charge in [-0.25, -0.2) is 0 Å². The van der Waals surface area contributed by atoms with Crippen molar-refractivity contribution < 1.29 is 5.11 Å². The molecule has 0 heterocycles. The highest BCUT2D eigenvalue weighted by atomic mass is 32.2. The summed E-state index contributed by atoms with van der Waals surface area (Å²) in [6, 6.07) is 10.3. The predicted octanol–water partition coefficient (Wildman–Crippen LogP) is 2.08. The standard InChI is InChI=1S/C9H9OS/c1-2-9(10)11-8-6-4-3-5-7-8/h2,4-7,9-10H,1H2. The molecule has 0 bridgehead atoms. The summed E-state index contributed by atoms with van der Waals surface area (Å²) >= 11 is 1.36. The molecule has 11 heavy (non-hydrogen) atoms. The summed E-state index contributed by atoms with van der Waals surface area (Å²) in [4.78, 5) is 1.02. The molecular weight excluding hydrogens is 156 g/mol. The molecule has 0 aromatic heterocycles. The van der Waals surface area contributed by atoms with Gasteiger partial charge in [-0.2, -0.15) is 0 Å². The fraction of sp³-hybridized carbons (Fsp3) is 0.111. The molecule has 1 nitrogen and oxygen atoms in total. The van der Waals surface area contributed by atoms with Gasteiger partial charge in [-0.1, -0.05) is 36.5 Å². The highest BCUT2D eigenvalue weighted by molar-refractivity contribution is 7.99. The largest absolute Gasteiger partial charge is 0.378 e. The van der Waals surface area contributed by atoms with E-state index in [1.54, 1.807) is 0 Å². The first-order chi connectivity index (χ1) is 5.33. The molecular formula is C9H9OS. The Labute approximate surface area is 70.8 Å². The maximum Gasteiger partial charge on any atom is 0.122 e. The van der Waals surface area contributed by atoms with Gasteiger partial charge in [0, 0.05) is 4.90 Å². The van der Waals surface area contributed by atoms with Crippen LogP contribution >= 0.6 is 11.8 Å². The Balaban J connectivity index is 2.57. The zero-order chi connectivity index (χ0) is 8.10. The van der Waals surface area contributed by atoms with Crippen LogP contribution in [0, 0.1) is 6.07 Å². The number of benzene rings is 1. The van der Waals surface area contributed by atoms with Crippen LogP contribution in [0.25, 0.3) is 0 Å². The molecule has 0 saturated heterocycles. The quantitative estimate of drug-likeness (QED) is 0.420. The average molecular weight is 165 g/mol. The minimum Gasteiger partial charge on any atom is -0.378 e. The SMILES string of the molecule is C=CC(O)Sc1cc[c]cc1. The van der Waals surface area contributed by atoms with Crippen molar-refractivity contribution in [1.82, 2.24) is 0 Å². The predicted molar refractivity (Wildman–Crippen MR) is 47.3 cm³/mol. The van der Waals surface area contributed by atoms with Crippen molar-refractivity contribution in [3.8, 4) is 0 Å². The Morgan fingerprint density at radius 1 is 1.55 bits per heavy atom. The average Bonchev–Trinajstić information content (AvgIpc) is 2.06. The van der Waals surface area contributed by atoms with Gasteiger partial charge in [-0.05, 0) is 18.2 Å². The van der Waals surface area contributed by atoms with Crippen LogP contribution in [0.4, 0.5) is 0 Å². The first-order valence-corrected chi connectivity index (χ1v) is 4.14. The lowest BCUT2D eigenvalue weighted by atomic mass is 10.4. The van der Waals surface area contributed by atoms with Crippen LogP contribution in [0.15, 0.2) is 41.8 Å². The second kappa shape index (κ2) is 4.21. The second-order valence-electron chi connectivity index (χ2n) is 1.98. The van der Waals surface area contributed by atoms with Crippen LogP contribution < -0.4 is 0 Å². The summed E-state index contributed by atoms with van der Waals surface area (Å²) in [6.07, 6.45) is 1.50. The molecule has 0 fully saturated rings. The maximum absolute atomic E-state index is 9.15. The molecule has 1 aromatic rings. The van der Waals surface area contributed by atoms with E-state index in [4.69, 9.17) is 5.11 Å². The molecule has 0 saturated carbocycles. The molecule has 0 aliphatic rings. The van der Waals surface area contributed by atoms with E-state index in [1.807, 2.05) is 24.3 Å². The fourth-order valence-electron chi connectivity index (χ4n) is 0.638. The Bertz CT molecular complexity index is 220. The molecule has 1 rings (SSSR count). The van der Waals surface area contributed by atoms with Gasteiger partial charge in [0.1, 0.15) is 5.44 Å². The van der Waals surface area contributed by atoms with Gasteiger partial charge in [0.15, 0.2) is 0 Å². The van der Waals surface area contributed by atoms with Crippen LogP contribution in [0.1, 0.15) is 0 Å². The minimum atomic E-state index is -0.516. The van der Waals surface area contributed by atoms with Crippen molar-refractivity contribution in [2.45, 2.75) is 10.3 Å². The zero-order valence-corrected chi connectivity index (χ0v) is 6.84. The lowest BCUT2D eigenvalue weighted by molar-refractivity contribution is 0.310. The molecule has 2 heteroatoms. The highest BCUT2D eigenvalue weighted by Gasteiger charge is 1.98. The number of aliphatic hydroxyl groups excluding tert-OH is 1. The van der Waals surface area contributed by atoms with Crippen molar-refractivity contribution in [3.05, 3.63) is 43.0 Å². The third kappa shape index (κ3) is 2.78. The summed E-state index contributed by atoms with van der Waals surface area (Å²) in [5, 5.41) is 9.15. The second-order valence-corrected chi connectivity index (χ2v) is 3.17.